The third-order valence-corrected chi connectivity index (χ3v) is 4.89. The largest absolute Gasteiger partial charge is 0.504 e. The first-order valence-corrected chi connectivity index (χ1v) is 9.04. The molecule has 7 heteroatoms. The van der Waals surface area contributed by atoms with Gasteiger partial charge in [0.2, 0.25) is 0 Å². The quantitative estimate of drug-likeness (QED) is 0.859. The summed E-state index contributed by atoms with van der Waals surface area (Å²) in [6.07, 6.45) is 3.28. The van der Waals surface area contributed by atoms with Crippen molar-refractivity contribution in [3.63, 3.8) is 0 Å². The van der Waals surface area contributed by atoms with Crippen LogP contribution in [0, 0.1) is 18.7 Å². The zero-order valence-corrected chi connectivity index (χ0v) is 15.2. The Bertz CT molecular complexity index is 782. The lowest BCUT2D eigenvalue weighted by molar-refractivity contribution is 0.0681. The standard InChI is InChI=1S/C19H25FN4O2/c1-3-21-11-14-6-8-23(9-7-14)19(26)18-17(25)12-24(22-18)16-5-4-15(20)10-13(16)2/h4-5,10,12,14,21,25H,3,6-9,11H2,1-2H3. The number of aromatic hydroxyl groups is 1. The molecule has 2 heterocycles. The molecule has 1 amide bonds. The van der Waals surface area contributed by atoms with Gasteiger partial charge in [-0.05, 0) is 62.5 Å². The van der Waals surface area contributed by atoms with Crippen molar-refractivity contribution in [2.24, 2.45) is 5.92 Å². The zero-order valence-electron chi connectivity index (χ0n) is 15.2. The molecular weight excluding hydrogens is 335 g/mol. The van der Waals surface area contributed by atoms with Gasteiger partial charge in [0, 0.05) is 13.1 Å². The molecule has 0 unspecified atom stereocenters. The lowest BCUT2D eigenvalue weighted by Crippen LogP contribution is -2.41. The summed E-state index contributed by atoms with van der Waals surface area (Å²) in [6.45, 7) is 7.09. The molecule has 26 heavy (non-hydrogen) atoms. The molecule has 2 aromatic rings. The summed E-state index contributed by atoms with van der Waals surface area (Å²) >= 11 is 0. The van der Waals surface area contributed by atoms with Crippen molar-refractivity contribution >= 4 is 5.91 Å². The number of aromatic nitrogens is 2. The van der Waals surface area contributed by atoms with Gasteiger partial charge in [-0.25, -0.2) is 9.07 Å². The first-order chi connectivity index (χ1) is 12.5. The molecule has 1 aliphatic rings. The van der Waals surface area contributed by atoms with Crippen molar-refractivity contribution in [1.29, 1.82) is 0 Å². The maximum atomic E-state index is 13.3. The molecule has 0 bridgehead atoms. The van der Waals surface area contributed by atoms with Gasteiger partial charge in [-0.15, -0.1) is 0 Å². The normalized spacial score (nSPS) is 15.4. The van der Waals surface area contributed by atoms with E-state index in [1.54, 1.807) is 17.9 Å². The lowest BCUT2D eigenvalue weighted by Gasteiger charge is -2.31. The minimum Gasteiger partial charge on any atom is -0.504 e. The number of likely N-dealkylation sites (tertiary alicyclic amines) is 1. The number of carbonyl (C=O) groups is 1. The average Bonchev–Trinajstić information content (AvgIpc) is 3.01. The first kappa shape index (κ1) is 18.4. The number of amides is 1. The highest BCUT2D eigenvalue weighted by Gasteiger charge is 2.27. The summed E-state index contributed by atoms with van der Waals surface area (Å²) < 4.78 is 14.7. The van der Waals surface area contributed by atoms with Crippen LogP contribution in [0.2, 0.25) is 0 Å². The Morgan fingerprint density at radius 3 is 2.77 bits per heavy atom. The van der Waals surface area contributed by atoms with Crippen LogP contribution in [0.25, 0.3) is 5.69 Å². The molecule has 1 saturated heterocycles. The highest BCUT2D eigenvalue weighted by atomic mass is 19.1. The highest BCUT2D eigenvalue weighted by molar-refractivity contribution is 5.94. The molecule has 0 saturated carbocycles. The predicted octanol–water partition coefficient (Wildman–Crippen LogP) is 2.49. The minimum absolute atomic E-state index is 0.0406. The Labute approximate surface area is 152 Å². The van der Waals surface area contributed by atoms with Gasteiger partial charge >= 0.3 is 0 Å². The molecular formula is C19H25FN4O2. The molecule has 2 N–H and O–H groups in total. The van der Waals surface area contributed by atoms with Crippen LogP contribution < -0.4 is 5.32 Å². The van der Waals surface area contributed by atoms with E-state index in [-0.39, 0.29) is 23.2 Å². The van der Waals surface area contributed by atoms with E-state index in [1.165, 1.54) is 23.0 Å². The number of benzene rings is 1. The highest BCUT2D eigenvalue weighted by Crippen LogP contribution is 2.24. The number of carbonyl (C=O) groups excluding carboxylic acids is 1. The molecule has 1 aromatic carbocycles. The number of aryl methyl sites for hydroxylation is 1. The molecule has 0 aliphatic carbocycles. The zero-order chi connectivity index (χ0) is 18.7. The molecule has 140 valence electrons. The van der Waals surface area contributed by atoms with Crippen molar-refractivity contribution in [1.82, 2.24) is 20.0 Å². The Morgan fingerprint density at radius 1 is 1.38 bits per heavy atom. The van der Waals surface area contributed by atoms with Gasteiger partial charge < -0.3 is 15.3 Å². The summed E-state index contributed by atoms with van der Waals surface area (Å²) in [5, 5.41) is 17.8. The maximum Gasteiger partial charge on any atom is 0.278 e. The molecule has 1 fully saturated rings. The Hall–Kier alpha value is -2.41. The lowest BCUT2D eigenvalue weighted by atomic mass is 9.96. The number of halogens is 1. The number of nitrogens with one attached hydrogen (secondary N) is 1. The molecule has 1 aromatic heterocycles. The number of nitrogens with zero attached hydrogens (tertiary/aromatic N) is 3. The fourth-order valence-electron chi connectivity index (χ4n) is 3.35. The summed E-state index contributed by atoms with van der Waals surface area (Å²) in [4.78, 5) is 14.5. The van der Waals surface area contributed by atoms with E-state index in [4.69, 9.17) is 0 Å². The fourth-order valence-corrected chi connectivity index (χ4v) is 3.35. The van der Waals surface area contributed by atoms with E-state index >= 15 is 0 Å². The molecule has 3 rings (SSSR count). The van der Waals surface area contributed by atoms with Crippen molar-refractivity contribution in [2.75, 3.05) is 26.2 Å². The third kappa shape index (κ3) is 3.88. The molecule has 0 spiro atoms. The van der Waals surface area contributed by atoms with E-state index in [0.717, 1.165) is 25.9 Å². The second-order valence-corrected chi connectivity index (χ2v) is 6.78. The van der Waals surface area contributed by atoms with Crippen molar-refractivity contribution in [3.8, 4) is 11.4 Å². The average molecular weight is 360 g/mol. The van der Waals surface area contributed by atoms with E-state index in [1.807, 2.05) is 0 Å². The Kier molecular flexibility index (Phi) is 5.56. The van der Waals surface area contributed by atoms with Crippen LogP contribution in [0.15, 0.2) is 24.4 Å². The Morgan fingerprint density at radius 2 is 2.12 bits per heavy atom. The molecule has 6 nitrogen and oxygen atoms in total. The van der Waals surface area contributed by atoms with E-state index in [9.17, 15) is 14.3 Å². The fraction of sp³-hybridized carbons (Fsp3) is 0.474. The molecule has 0 atom stereocenters. The summed E-state index contributed by atoms with van der Waals surface area (Å²) in [5.74, 6) is -0.178. The second-order valence-electron chi connectivity index (χ2n) is 6.78. The van der Waals surface area contributed by atoms with Gasteiger partial charge in [0.05, 0.1) is 11.9 Å². The van der Waals surface area contributed by atoms with Crippen molar-refractivity contribution in [3.05, 3.63) is 41.5 Å². The van der Waals surface area contributed by atoms with Crippen LogP contribution in [0.4, 0.5) is 4.39 Å². The minimum atomic E-state index is -0.334. The Balaban J connectivity index is 1.72. The predicted molar refractivity (Wildman–Crippen MR) is 97.1 cm³/mol. The van der Waals surface area contributed by atoms with Crippen LogP contribution >= 0.6 is 0 Å². The van der Waals surface area contributed by atoms with E-state index in [0.29, 0.717) is 30.3 Å². The van der Waals surface area contributed by atoms with Crippen LogP contribution in [-0.2, 0) is 0 Å². The number of rotatable bonds is 5. The number of piperidine rings is 1. The summed E-state index contributed by atoms with van der Waals surface area (Å²) in [7, 11) is 0. The van der Waals surface area contributed by atoms with Crippen LogP contribution in [-0.4, -0.2) is 51.9 Å². The van der Waals surface area contributed by atoms with Gasteiger partial charge in [-0.3, -0.25) is 4.79 Å². The summed E-state index contributed by atoms with van der Waals surface area (Å²) in [5.41, 5.74) is 1.35. The van der Waals surface area contributed by atoms with Gasteiger partial charge in [0.1, 0.15) is 5.82 Å². The van der Waals surface area contributed by atoms with Crippen LogP contribution in [0.3, 0.4) is 0 Å². The first-order valence-electron chi connectivity index (χ1n) is 9.04. The van der Waals surface area contributed by atoms with Crippen molar-refractivity contribution in [2.45, 2.75) is 26.7 Å². The van der Waals surface area contributed by atoms with Crippen LogP contribution in [0.5, 0.6) is 5.75 Å². The summed E-state index contributed by atoms with van der Waals surface area (Å²) in [6, 6.07) is 4.31. The SMILES string of the molecule is CCNCC1CCN(C(=O)c2nn(-c3ccc(F)cc3C)cc2O)CC1. The second kappa shape index (κ2) is 7.86. The number of hydrogen-bond donors (Lipinski definition) is 2. The number of hydrogen-bond acceptors (Lipinski definition) is 4. The van der Waals surface area contributed by atoms with Gasteiger partial charge in [-0.2, -0.15) is 5.10 Å². The van der Waals surface area contributed by atoms with Gasteiger partial charge in [0.15, 0.2) is 11.4 Å². The van der Waals surface area contributed by atoms with Gasteiger partial charge in [0.25, 0.3) is 5.91 Å². The third-order valence-electron chi connectivity index (χ3n) is 4.89. The maximum absolute atomic E-state index is 13.3. The van der Waals surface area contributed by atoms with E-state index < -0.39 is 0 Å². The smallest absolute Gasteiger partial charge is 0.278 e. The van der Waals surface area contributed by atoms with Crippen molar-refractivity contribution < 1.29 is 14.3 Å². The van der Waals surface area contributed by atoms with E-state index in [2.05, 4.69) is 17.3 Å². The van der Waals surface area contributed by atoms with Gasteiger partial charge in [-0.1, -0.05) is 6.92 Å². The molecule has 1 aliphatic heterocycles. The molecule has 0 radical (unpaired) electrons. The van der Waals surface area contributed by atoms with Crippen LogP contribution in [0.1, 0.15) is 35.8 Å². The topological polar surface area (TPSA) is 70.4 Å². The monoisotopic (exact) mass is 360 g/mol.